The van der Waals surface area contributed by atoms with Crippen molar-refractivity contribution in [1.82, 2.24) is 5.32 Å². The van der Waals surface area contributed by atoms with E-state index in [1.807, 2.05) is 18.5 Å². The molecule has 0 atom stereocenters. The second kappa shape index (κ2) is 4.95. The first-order valence-electron chi connectivity index (χ1n) is 3.59. The maximum atomic E-state index is 3.08. The molecule has 1 aromatic heterocycles. The van der Waals surface area contributed by atoms with Crippen molar-refractivity contribution >= 4 is 11.3 Å². The van der Waals surface area contributed by atoms with Gasteiger partial charge in [0.1, 0.15) is 0 Å². The molecule has 0 aliphatic rings. The van der Waals surface area contributed by atoms with E-state index < -0.39 is 0 Å². The molecule has 0 unspecified atom stereocenters. The second-order valence-electron chi connectivity index (χ2n) is 2.17. The van der Waals surface area contributed by atoms with Gasteiger partial charge in [-0.1, -0.05) is 11.8 Å². The number of thiophene rings is 1. The Bertz CT molecular complexity index is 240. The van der Waals surface area contributed by atoms with Crippen molar-refractivity contribution in [1.29, 1.82) is 0 Å². The van der Waals surface area contributed by atoms with Gasteiger partial charge in [0.25, 0.3) is 0 Å². The molecular formula is C9H11NS. The van der Waals surface area contributed by atoms with E-state index in [0.717, 1.165) is 18.5 Å². The largest absolute Gasteiger partial charge is 0.319 e. The van der Waals surface area contributed by atoms with E-state index in [0.29, 0.717) is 0 Å². The fourth-order valence-corrected chi connectivity index (χ4v) is 1.28. The van der Waals surface area contributed by atoms with Gasteiger partial charge in [0.2, 0.25) is 0 Å². The van der Waals surface area contributed by atoms with Crippen LogP contribution >= 0.6 is 11.3 Å². The van der Waals surface area contributed by atoms with Crippen molar-refractivity contribution in [3.05, 3.63) is 22.4 Å². The Morgan fingerprint density at radius 3 is 3.18 bits per heavy atom. The maximum absolute atomic E-state index is 3.08. The first kappa shape index (κ1) is 8.32. The summed E-state index contributed by atoms with van der Waals surface area (Å²) in [7, 11) is 1.94. The minimum atomic E-state index is 0.923. The van der Waals surface area contributed by atoms with Crippen LogP contribution in [0.4, 0.5) is 0 Å². The molecule has 0 saturated carbocycles. The molecule has 1 nitrogen and oxygen atoms in total. The second-order valence-corrected chi connectivity index (χ2v) is 2.95. The lowest BCUT2D eigenvalue weighted by Crippen LogP contribution is -2.05. The van der Waals surface area contributed by atoms with Crippen molar-refractivity contribution in [3.8, 4) is 11.8 Å². The predicted octanol–water partition coefficient (Wildman–Crippen LogP) is 1.71. The zero-order chi connectivity index (χ0) is 7.94. The fourth-order valence-electron chi connectivity index (χ4n) is 0.688. The van der Waals surface area contributed by atoms with E-state index in [1.165, 1.54) is 0 Å². The van der Waals surface area contributed by atoms with Crippen molar-refractivity contribution in [2.45, 2.75) is 6.42 Å². The van der Waals surface area contributed by atoms with Crippen LogP contribution in [0.3, 0.4) is 0 Å². The van der Waals surface area contributed by atoms with E-state index in [9.17, 15) is 0 Å². The molecule has 58 valence electrons. The summed E-state index contributed by atoms with van der Waals surface area (Å²) >= 11 is 1.69. The average Bonchev–Trinajstić information content (AvgIpc) is 2.50. The van der Waals surface area contributed by atoms with Crippen LogP contribution in [0.2, 0.25) is 0 Å². The molecule has 1 N–H and O–H groups in total. The average molecular weight is 165 g/mol. The van der Waals surface area contributed by atoms with E-state index in [1.54, 1.807) is 11.3 Å². The van der Waals surface area contributed by atoms with Gasteiger partial charge in [-0.15, -0.1) is 0 Å². The summed E-state index contributed by atoms with van der Waals surface area (Å²) in [4.78, 5) is 0. The van der Waals surface area contributed by atoms with Crippen LogP contribution < -0.4 is 5.32 Å². The lowest BCUT2D eigenvalue weighted by atomic mass is 10.3. The van der Waals surface area contributed by atoms with Crippen LogP contribution in [0.5, 0.6) is 0 Å². The molecule has 1 heterocycles. The summed E-state index contributed by atoms with van der Waals surface area (Å²) in [5, 5.41) is 7.15. The summed E-state index contributed by atoms with van der Waals surface area (Å²) in [5.41, 5.74) is 1.13. The smallest absolute Gasteiger partial charge is 0.0352 e. The first-order chi connectivity index (χ1) is 5.43. The Morgan fingerprint density at radius 2 is 2.55 bits per heavy atom. The highest BCUT2D eigenvalue weighted by Crippen LogP contribution is 2.02. The lowest BCUT2D eigenvalue weighted by molar-refractivity contribution is 0.818. The Hall–Kier alpha value is -0.780. The Kier molecular flexibility index (Phi) is 3.74. The van der Waals surface area contributed by atoms with Crippen LogP contribution in [0.1, 0.15) is 12.0 Å². The van der Waals surface area contributed by atoms with Gasteiger partial charge in [0, 0.05) is 23.9 Å². The van der Waals surface area contributed by atoms with Gasteiger partial charge >= 0.3 is 0 Å². The van der Waals surface area contributed by atoms with Crippen LogP contribution in [-0.2, 0) is 0 Å². The van der Waals surface area contributed by atoms with Crippen molar-refractivity contribution in [2.24, 2.45) is 0 Å². The minimum absolute atomic E-state index is 0.923. The van der Waals surface area contributed by atoms with Crippen LogP contribution in [0.25, 0.3) is 0 Å². The predicted molar refractivity (Wildman–Crippen MR) is 49.7 cm³/mol. The summed E-state index contributed by atoms with van der Waals surface area (Å²) < 4.78 is 0. The van der Waals surface area contributed by atoms with E-state index in [2.05, 4.69) is 22.5 Å². The standard InChI is InChI=1S/C9H11NS/c1-10-6-3-2-4-9-5-7-11-8-9/h5,7-8,10H,3,6H2,1H3. The molecule has 0 aliphatic heterocycles. The zero-order valence-corrected chi connectivity index (χ0v) is 7.37. The molecule has 0 fully saturated rings. The molecule has 1 rings (SSSR count). The molecule has 0 amide bonds. The van der Waals surface area contributed by atoms with Crippen LogP contribution in [0.15, 0.2) is 16.8 Å². The molecule has 0 radical (unpaired) electrons. The highest BCUT2D eigenvalue weighted by molar-refractivity contribution is 7.08. The highest BCUT2D eigenvalue weighted by atomic mass is 32.1. The molecule has 0 bridgehead atoms. The van der Waals surface area contributed by atoms with Crippen LogP contribution in [0, 0.1) is 11.8 Å². The van der Waals surface area contributed by atoms with Gasteiger partial charge in [-0.25, -0.2) is 0 Å². The summed E-state index contributed by atoms with van der Waals surface area (Å²) in [6.07, 6.45) is 0.923. The van der Waals surface area contributed by atoms with E-state index in [4.69, 9.17) is 0 Å². The van der Waals surface area contributed by atoms with E-state index >= 15 is 0 Å². The number of rotatable bonds is 2. The monoisotopic (exact) mass is 165 g/mol. The van der Waals surface area contributed by atoms with Crippen molar-refractivity contribution in [3.63, 3.8) is 0 Å². The van der Waals surface area contributed by atoms with Gasteiger partial charge in [-0.2, -0.15) is 11.3 Å². The number of nitrogens with one attached hydrogen (secondary N) is 1. The Balaban J connectivity index is 2.33. The van der Waals surface area contributed by atoms with Gasteiger partial charge in [-0.3, -0.25) is 0 Å². The summed E-state index contributed by atoms with van der Waals surface area (Å²) in [6, 6.07) is 2.04. The molecule has 11 heavy (non-hydrogen) atoms. The third kappa shape index (κ3) is 3.22. The third-order valence-electron chi connectivity index (χ3n) is 1.25. The maximum Gasteiger partial charge on any atom is 0.0352 e. The fraction of sp³-hybridized carbons (Fsp3) is 0.333. The van der Waals surface area contributed by atoms with Gasteiger partial charge in [0.05, 0.1) is 0 Å². The van der Waals surface area contributed by atoms with Crippen molar-refractivity contribution < 1.29 is 0 Å². The van der Waals surface area contributed by atoms with Gasteiger partial charge < -0.3 is 5.32 Å². The van der Waals surface area contributed by atoms with E-state index in [-0.39, 0.29) is 0 Å². The molecule has 2 heteroatoms. The Labute approximate surface area is 71.4 Å². The van der Waals surface area contributed by atoms with Crippen LogP contribution in [-0.4, -0.2) is 13.6 Å². The molecule has 0 saturated heterocycles. The van der Waals surface area contributed by atoms with Crippen molar-refractivity contribution in [2.75, 3.05) is 13.6 Å². The number of hydrogen-bond donors (Lipinski definition) is 1. The summed E-state index contributed by atoms with van der Waals surface area (Å²) in [6.45, 7) is 0.969. The lowest BCUT2D eigenvalue weighted by Gasteiger charge is -1.86. The molecule has 1 aromatic rings. The molecule has 0 spiro atoms. The third-order valence-corrected chi connectivity index (χ3v) is 1.94. The quantitative estimate of drug-likeness (QED) is 0.519. The minimum Gasteiger partial charge on any atom is -0.319 e. The summed E-state index contributed by atoms with van der Waals surface area (Å²) in [5.74, 6) is 6.16. The highest BCUT2D eigenvalue weighted by Gasteiger charge is 1.82. The molecular weight excluding hydrogens is 154 g/mol. The number of hydrogen-bond acceptors (Lipinski definition) is 2. The first-order valence-corrected chi connectivity index (χ1v) is 4.53. The molecule has 0 aliphatic carbocycles. The zero-order valence-electron chi connectivity index (χ0n) is 6.55. The van der Waals surface area contributed by atoms with Gasteiger partial charge in [0.15, 0.2) is 0 Å². The SMILES string of the molecule is CNCCC#Cc1ccsc1. The van der Waals surface area contributed by atoms with Gasteiger partial charge in [-0.05, 0) is 18.5 Å². The Morgan fingerprint density at radius 1 is 1.64 bits per heavy atom. The topological polar surface area (TPSA) is 12.0 Å². The molecule has 0 aromatic carbocycles. The normalized spacial score (nSPS) is 8.82.